The van der Waals surface area contributed by atoms with Crippen LogP contribution in [-0.2, 0) is 0 Å². The van der Waals surface area contributed by atoms with Gasteiger partial charge < -0.3 is 14.8 Å². The molecule has 6 heteroatoms. The lowest BCUT2D eigenvalue weighted by Gasteiger charge is -2.06. The van der Waals surface area contributed by atoms with Gasteiger partial charge in [0, 0.05) is 35.3 Å². The number of phenols is 2. The van der Waals surface area contributed by atoms with E-state index in [1.165, 1.54) is 23.0 Å². The summed E-state index contributed by atoms with van der Waals surface area (Å²) >= 11 is 5.94. The quantitative estimate of drug-likeness (QED) is 0.713. The van der Waals surface area contributed by atoms with Crippen LogP contribution in [-0.4, -0.2) is 14.8 Å². The number of halogens is 3. The fourth-order valence-electron chi connectivity index (χ4n) is 2.09. The highest BCUT2D eigenvalue weighted by molar-refractivity contribution is 6.37. The summed E-state index contributed by atoms with van der Waals surface area (Å²) in [6.07, 6.45) is 2.90. The molecule has 20 heavy (non-hydrogen) atoms. The zero-order valence-electron chi connectivity index (χ0n) is 9.94. The van der Waals surface area contributed by atoms with Crippen molar-refractivity contribution in [1.82, 2.24) is 4.57 Å². The molecule has 1 heterocycles. The highest BCUT2D eigenvalue weighted by Crippen LogP contribution is 2.34. The van der Waals surface area contributed by atoms with Crippen molar-refractivity contribution in [2.45, 2.75) is 0 Å². The van der Waals surface area contributed by atoms with Gasteiger partial charge in [-0.2, -0.15) is 0 Å². The Hall–Kier alpha value is -2.27. The van der Waals surface area contributed by atoms with Gasteiger partial charge in [0.25, 0.3) is 0 Å². The number of nitrogens with zero attached hydrogens (tertiary/aromatic N) is 1. The van der Waals surface area contributed by atoms with Crippen molar-refractivity contribution in [3.63, 3.8) is 0 Å². The van der Waals surface area contributed by atoms with Crippen LogP contribution in [0, 0.1) is 11.6 Å². The first-order valence-electron chi connectivity index (χ1n) is 5.65. The van der Waals surface area contributed by atoms with Crippen LogP contribution in [0.2, 0.25) is 5.02 Å². The Kier molecular flexibility index (Phi) is 2.79. The number of hydrogen-bond acceptors (Lipinski definition) is 2. The van der Waals surface area contributed by atoms with Crippen LogP contribution in [0.5, 0.6) is 11.5 Å². The molecule has 102 valence electrons. The standard InChI is InChI=1S/C14H8ClF2NO2/c15-13-9-6-18(5-7(9)1-2-12(13)20)14-10(16)3-8(19)4-11(14)17/h1-6,19-20H. The minimum absolute atomic E-state index is 0.108. The van der Waals surface area contributed by atoms with Gasteiger partial charge in [0.2, 0.25) is 0 Å². The third-order valence-corrected chi connectivity index (χ3v) is 3.40. The molecule has 0 saturated heterocycles. The van der Waals surface area contributed by atoms with E-state index in [2.05, 4.69) is 0 Å². The van der Waals surface area contributed by atoms with Gasteiger partial charge in [0.1, 0.15) is 17.2 Å². The minimum atomic E-state index is -0.900. The molecule has 1 aromatic heterocycles. The van der Waals surface area contributed by atoms with Gasteiger partial charge in [-0.1, -0.05) is 11.6 Å². The fraction of sp³-hybridized carbons (Fsp3) is 0. The van der Waals surface area contributed by atoms with Gasteiger partial charge >= 0.3 is 0 Å². The molecule has 0 aliphatic heterocycles. The summed E-state index contributed by atoms with van der Waals surface area (Å²) in [6.45, 7) is 0. The topological polar surface area (TPSA) is 45.4 Å². The van der Waals surface area contributed by atoms with E-state index in [1.807, 2.05) is 0 Å². The van der Waals surface area contributed by atoms with Crippen LogP contribution < -0.4 is 0 Å². The van der Waals surface area contributed by atoms with Gasteiger partial charge in [-0.15, -0.1) is 0 Å². The van der Waals surface area contributed by atoms with Crippen molar-refractivity contribution >= 4 is 22.4 Å². The molecule has 0 unspecified atom stereocenters. The smallest absolute Gasteiger partial charge is 0.153 e. The second-order valence-electron chi connectivity index (χ2n) is 4.33. The molecule has 0 amide bonds. The number of aromatic nitrogens is 1. The normalized spacial score (nSPS) is 11.2. The summed E-state index contributed by atoms with van der Waals surface area (Å²) in [4.78, 5) is 0. The van der Waals surface area contributed by atoms with Crippen LogP contribution in [0.3, 0.4) is 0 Å². The number of fused-ring (bicyclic) bond motifs is 1. The van der Waals surface area contributed by atoms with E-state index in [-0.39, 0.29) is 16.5 Å². The molecule has 0 spiro atoms. The first kappa shape index (κ1) is 12.7. The maximum Gasteiger partial charge on any atom is 0.153 e. The molecule has 0 aliphatic carbocycles. The zero-order valence-corrected chi connectivity index (χ0v) is 10.7. The van der Waals surface area contributed by atoms with Gasteiger partial charge in [-0.25, -0.2) is 8.78 Å². The van der Waals surface area contributed by atoms with Crippen LogP contribution >= 0.6 is 11.6 Å². The van der Waals surface area contributed by atoms with Gasteiger partial charge in [0.15, 0.2) is 11.6 Å². The van der Waals surface area contributed by atoms with E-state index in [0.717, 1.165) is 12.1 Å². The van der Waals surface area contributed by atoms with Gasteiger partial charge in [0.05, 0.1) is 5.02 Å². The third-order valence-electron chi connectivity index (χ3n) is 3.00. The van der Waals surface area contributed by atoms with Crippen molar-refractivity contribution in [1.29, 1.82) is 0 Å². The summed E-state index contributed by atoms with van der Waals surface area (Å²) in [7, 11) is 0. The summed E-state index contributed by atoms with van der Waals surface area (Å²) in [5.74, 6) is -2.40. The van der Waals surface area contributed by atoms with Crippen LogP contribution in [0.4, 0.5) is 8.78 Å². The van der Waals surface area contributed by atoms with Crippen molar-refractivity contribution < 1.29 is 19.0 Å². The summed E-state index contributed by atoms with van der Waals surface area (Å²) in [5.41, 5.74) is -0.324. The molecule has 3 nitrogen and oxygen atoms in total. The Morgan fingerprint density at radius 3 is 2.30 bits per heavy atom. The molecular weight excluding hydrogens is 288 g/mol. The molecule has 3 rings (SSSR count). The van der Waals surface area contributed by atoms with Gasteiger partial charge in [-0.05, 0) is 12.1 Å². The Balaban J connectivity index is 2.28. The molecule has 2 aromatic carbocycles. The van der Waals surface area contributed by atoms with E-state index in [0.29, 0.717) is 10.8 Å². The van der Waals surface area contributed by atoms with Crippen molar-refractivity contribution in [3.8, 4) is 17.2 Å². The van der Waals surface area contributed by atoms with E-state index >= 15 is 0 Å². The predicted octanol–water partition coefficient (Wildman–Crippen LogP) is 3.97. The lowest BCUT2D eigenvalue weighted by molar-refractivity contribution is 0.459. The second kappa shape index (κ2) is 4.38. The SMILES string of the molecule is Oc1cc(F)c(-n2cc3ccc(O)c(Cl)c3c2)c(F)c1. The number of benzene rings is 2. The van der Waals surface area contributed by atoms with E-state index < -0.39 is 17.4 Å². The molecule has 3 aromatic rings. The van der Waals surface area contributed by atoms with Gasteiger partial charge in [-0.3, -0.25) is 0 Å². The average molecular weight is 296 g/mol. The molecule has 0 radical (unpaired) electrons. The van der Waals surface area contributed by atoms with Crippen LogP contribution in [0.15, 0.2) is 36.7 Å². The number of rotatable bonds is 1. The first-order valence-corrected chi connectivity index (χ1v) is 6.02. The second-order valence-corrected chi connectivity index (χ2v) is 4.70. The largest absolute Gasteiger partial charge is 0.508 e. The van der Waals surface area contributed by atoms with Crippen molar-refractivity contribution in [3.05, 3.63) is 53.3 Å². The molecule has 0 saturated carbocycles. The van der Waals surface area contributed by atoms with E-state index in [1.54, 1.807) is 6.07 Å². The zero-order chi connectivity index (χ0) is 14.4. The molecule has 0 fully saturated rings. The summed E-state index contributed by atoms with van der Waals surface area (Å²) in [6, 6.07) is 4.63. The average Bonchev–Trinajstić information content (AvgIpc) is 2.77. The lowest BCUT2D eigenvalue weighted by Crippen LogP contribution is -1.98. The van der Waals surface area contributed by atoms with Crippen LogP contribution in [0.1, 0.15) is 0 Å². The van der Waals surface area contributed by atoms with Crippen molar-refractivity contribution in [2.75, 3.05) is 0 Å². The molecule has 0 aliphatic rings. The molecule has 2 N–H and O–H groups in total. The summed E-state index contributed by atoms with van der Waals surface area (Å²) < 4.78 is 28.8. The Morgan fingerprint density at radius 1 is 1.00 bits per heavy atom. The predicted molar refractivity (Wildman–Crippen MR) is 71.5 cm³/mol. The maximum absolute atomic E-state index is 13.8. The highest BCUT2D eigenvalue weighted by atomic mass is 35.5. The number of aromatic hydroxyl groups is 2. The fourth-order valence-corrected chi connectivity index (χ4v) is 2.32. The van der Waals surface area contributed by atoms with Crippen molar-refractivity contribution in [2.24, 2.45) is 0 Å². The Bertz CT molecular complexity index is 806. The summed E-state index contributed by atoms with van der Waals surface area (Å²) in [5, 5.41) is 19.9. The van der Waals surface area contributed by atoms with E-state index in [9.17, 15) is 13.9 Å². The Labute approximate surface area is 117 Å². The number of phenolic OH excluding ortho intramolecular Hbond substituents is 2. The molecule has 0 atom stereocenters. The van der Waals surface area contributed by atoms with Crippen LogP contribution in [0.25, 0.3) is 16.5 Å². The first-order chi connectivity index (χ1) is 9.47. The highest BCUT2D eigenvalue weighted by Gasteiger charge is 2.15. The number of hydrogen-bond donors (Lipinski definition) is 2. The Morgan fingerprint density at radius 2 is 1.65 bits per heavy atom. The van der Waals surface area contributed by atoms with E-state index in [4.69, 9.17) is 16.7 Å². The lowest BCUT2D eigenvalue weighted by atomic mass is 10.2. The maximum atomic E-state index is 13.8. The molecule has 0 bridgehead atoms. The monoisotopic (exact) mass is 295 g/mol. The third kappa shape index (κ3) is 1.87. The molecular formula is C14H8ClF2NO2. The minimum Gasteiger partial charge on any atom is -0.508 e.